The van der Waals surface area contributed by atoms with E-state index in [-0.39, 0.29) is 11.4 Å². The highest BCUT2D eigenvalue weighted by Crippen LogP contribution is 2.48. The zero-order chi connectivity index (χ0) is 16.3. The number of rotatable bonds is 5. The maximum Gasteiger partial charge on any atom is 0.319 e. The lowest BCUT2D eigenvalue weighted by atomic mass is 9.92. The van der Waals surface area contributed by atoms with Crippen molar-refractivity contribution in [3.63, 3.8) is 0 Å². The third-order valence-corrected chi connectivity index (χ3v) is 4.27. The molecule has 1 aliphatic carbocycles. The van der Waals surface area contributed by atoms with Gasteiger partial charge in [0.05, 0.1) is 13.3 Å². The summed E-state index contributed by atoms with van der Waals surface area (Å²) in [6.45, 7) is 2.72. The molecule has 120 valence electrons. The predicted octanol–water partition coefficient (Wildman–Crippen LogP) is 2.65. The van der Waals surface area contributed by atoms with Gasteiger partial charge in [-0.25, -0.2) is 9.78 Å². The lowest BCUT2D eigenvalue weighted by Crippen LogP contribution is -2.35. The number of urea groups is 1. The van der Waals surface area contributed by atoms with Crippen LogP contribution in [0.3, 0.4) is 0 Å². The van der Waals surface area contributed by atoms with Gasteiger partial charge in [-0.05, 0) is 30.9 Å². The average molecular weight is 312 g/mol. The van der Waals surface area contributed by atoms with Gasteiger partial charge in [-0.2, -0.15) is 4.98 Å². The number of anilines is 1. The lowest BCUT2D eigenvalue weighted by Gasteiger charge is -2.19. The van der Waals surface area contributed by atoms with Crippen molar-refractivity contribution in [1.82, 2.24) is 15.3 Å². The molecule has 1 fully saturated rings. The Morgan fingerprint density at radius 1 is 1.35 bits per heavy atom. The van der Waals surface area contributed by atoms with Crippen LogP contribution in [0.5, 0.6) is 5.88 Å². The minimum Gasteiger partial charge on any atom is -0.479 e. The first kappa shape index (κ1) is 15.3. The van der Waals surface area contributed by atoms with Gasteiger partial charge in [-0.15, -0.1) is 0 Å². The first-order valence-electron chi connectivity index (χ1n) is 7.59. The van der Waals surface area contributed by atoms with E-state index in [2.05, 4.69) is 45.7 Å². The molecule has 0 spiro atoms. The Bertz CT molecular complexity index is 713. The predicted molar refractivity (Wildman–Crippen MR) is 87.7 cm³/mol. The quantitative estimate of drug-likeness (QED) is 0.890. The van der Waals surface area contributed by atoms with Gasteiger partial charge >= 0.3 is 6.03 Å². The highest BCUT2D eigenvalue weighted by molar-refractivity contribution is 5.90. The normalized spacial score (nSPS) is 14.9. The number of amides is 2. The Morgan fingerprint density at radius 3 is 2.83 bits per heavy atom. The molecule has 0 radical (unpaired) electrons. The molecule has 0 unspecified atom stereocenters. The van der Waals surface area contributed by atoms with Crippen LogP contribution in [0.15, 0.2) is 36.8 Å². The Labute approximate surface area is 135 Å². The van der Waals surface area contributed by atoms with Gasteiger partial charge in [-0.1, -0.05) is 24.3 Å². The van der Waals surface area contributed by atoms with Crippen molar-refractivity contribution in [1.29, 1.82) is 0 Å². The second kappa shape index (κ2) is 6.24. The molecule has 6 nitrogen and oxygen atoms in total. The molecule has 1 aromatic carbocycles. The molecule has 3 rings (SSSR count). The molecule has 2 amide bonds. The van der Waals surface area contributed by atoms with E-state index in [0.717, 1.165) is 12.8 Å². The van der Waals surface area contributed by atoms with Gasteiger partial charge in [0.2, 0.25) is 5.88 Å². The molecule has 2 aromatic rings. The fraction of sp³-hybridized carbons (Fsp3) is 0.353. The zero-order valence-electron chi connectivity index (χ0n) is 13.3. The number of benzene rings is 1. The van der Waals surface area contributed by atoms with Crippen LogP contribution >= 0.6 is 0 Å². The number of hydrogen-bond donors (Lipinski definition) is 2. The summed E-state index contributed by atoms with van der Waals surface area (Å²) < 4.78 is 5.10. The first-order valence-corrected chi connectivity index (χ1v) is 7.59. The maximum absolute atomic E-state index is 12.1. The average Bonchev–Trinajstić information content (AvgIpc) is 3.35. The third kappa shape index (κ3) is 3.26. The summed E-state index contributed by atoms with van der Waals surface area (Å²) in [5.74, 6) is 0.343. The number of methoxy groups -OCH3 is 1. The third-order valence-electron chi connectivity index (χ3n) is 4.27. The van der Waals surface area contributed by atoms with E-state index in [1.165, 1.54) is 30.8 Å². The molecule has 23 heavy (non-hydrogen) atoms. The molecule has 1 aromatic heterocycles. The number of carbonyl (C=O) groups is 1. The van der Waals surface area contributed by atoms with Crippen LogP contribution < -0.4 is 15.4 Å². The number of carbonyl (C=O) groups excluding carboxylic acids is 1. The van der Waals surface area contributed by atoms with Crippen LogP contribution in [0.2, 0.25) is 0 Å². The molecular formula is C17H20N4O2. The molecule has 0 bridgehead atoms. The van der Waals surface area contributed by atoms with Crippen LogP contribution in [-0.2, 0) is 5.41 Å². The summed E-state index contributed by atoms with van der Waals surface area (Å²) in [5.41, 5.74) is 3.11. The molecule has 1 saturated carbocycles. The Morgan fingerprint density at radius 2 is 2.13 bits per heavy atom. The lowest BCUT2D eigenvalue weighted by molar-refractivity contribution is 0.251. The van der Waals surface area contributed by atoms with Crippen molar-refractivity contribution < 1.29 is 9.53 Å². The SMILES string of the molecule is COc1ncncc1NC(=O)NCC1(c2ccccc2C)CC1. The largest absolute Gasteiger partial charge is 0.479 e. The summed E-state index contributed by atoms with van der Waals surface area (Å²) in [7, 11) is 1.50. The zero-order valence-corrected chi connectivity index (χ0v) is 13.3. The smallest absolute Gasteiger partial charge is 0.319 e. The van der Waals surface area contributed by atoms with Crippen molar-refractivity contribution >= 4 is 11.7 Å². The van der Waals surface area contributed by atoms with Crippen LogP contribution in [0, 0.1) is 6.92 Å². The summed E-state index contributed by atoms with van der Waals surface area (Å²) in [4.78, 5) is 20.0. The van der Waals surface area contributed by atoms with Crippen molar-refractivity contribution in [3.8, 4) is 5.88 Å². The summed E-state index contributed by atoms with van der Waals surface area (Å²) in [6.07, 6.45) is 5.07. The number of aryl methyl sites for hydroxylation is 1. The second-order valence-corrected chi connectivity index (χ2v) is 5.85. The van der Waals surface area contributed by atoms with Gasteiger partial charge in [0, 0.05) is 12.0 Å². The van der Waals surface area contributed by atoms with Gasteiger partial charge in [0.25, 0.3) is 0 Å². The molecule has 1 aliphatic rings. The molecule has 0 atom stereocenters. The van der Waals surface area contributed by atoms with E-state index >= 15 is 0 Å². The van der Waals surface area contributed by atoms with E-state index in [1.807, 2.05) is 6.07 Å². The molecule has 6 heteroatoms. The van der Waals surface area contributed by atoms with E-state index in [1.54, 1.807) is 0 Å². The number of aromatic nitrogens is 2. The minimum atomic E-state index is -0.280. The molecule has 1 heterocycles. The van der Waals surface area contributed by atoms with Crippen LogP contribution in [0.4, 0.5) is 10.5 Å². The van der Waals surface area contributed by atoms with Gasteiger partial charge in [0.15, 0.2) is 0 Å². The topological polar surface area (TPSA) is 76.1 Å². The Balaban J connectivity index is 1.62. The highest BCUT2D eigenvalue weighted by atomic mass is 16.5. The van der Waals surface area contributed by atoms with Crippen molar-refractivity contribution in [2.24, 2.45) is 0 Å². The van der Waals surface area contributed by atoms with Gasteiger partial charge < -0.3 is 15.4 Å². The minimum absolute atomic E-state index is 0.0694. The van der Waals surface area contributed by atoms with E-state index in [0.29, 0.717) is 18.1 Å². The monoisotopic (exact) mass is 312 g/mol. The van der Waals surface area contributed by atoms with Crippen molar-refractivity contribution in [3.05, 3.63) is 47.9 Å². The van der Waals surface area contributed by atoms with Crippen LogP contribution in [0.1, 0.15) is 24.0 Å². The number of nitrogens with one attached hydrogen (secondary N) is 2. The van der Waals surface area contributed by atoms with Gasteiger partial charge in [0.1, 0.15) is 12.0 Å². The second-order valence-electron chi connectivity index (χ2n) is 5.85. The van der Waals surface area contributed by atoms with Gasteiger partial charge in [-0.3, -0.25) is 0 Å². The fourth-order valence-electron chi connectivity index (χ4n) is 2.84. The number of hydrogen-bond acceptors (Lipinski definition) is 4. The molecule has 0 aliphatic heterocycles. The highest BCUT2D eigenvalue weighted by Gasteiger charge is 2.45. The molecule has 0 saturated heterocycles. The number of nitrogens with zero attached hydrogens (tertiary/aromatic N) is 2. The summed E-state index contributed by atoms with van der Waals surface area (Å²) >= 11 is 0. The Kier molecular flexibility index (Phi) is 4.14. The first-order chi connectivity index (χ1) is 11.1. The van der Waals surface area contributed by atoms with Crippen LogP contribution in [0.25, 0.3) is 0 Å². The van der Waals surface area contributed by atoms with E-state index < -0.39 is 0 Å². The maximum atomic E-state index is 12.1. The fourth-order valence-corrected chi connectivity index (χ4v) is 2.84. The molecular weight excluding hydrogens is 292 g/mol. The summed E-state index contributed by atoms with van der Waals surface area (Å²) in [6, 6.07) is 8.07. The van der Waals surface area contributed by atoms with E-state index in [4.69, 9.17) is 4.74 Å². The van der Waals surface area contributed by atoms with Crippen LogP contribution in [-0.4, -0.2) is 29.7 Å². The van der Waals surface area contributed by atoms with Crippen molar-refractivity contribution in [2.75, 3.05) is 19.0 Å². The number of ether oxygens (including phenoxy) is 1. The standard InChI is InChI=1S/C17H20N4O2/c1-12-5-3-4-6-13(12)17(7-8-17)10-19-16(22)21-14-9-18-11-20-15(14)23-2/h3-6,9,11H,7-8,10H2,1-2H3,(H2,19,21,22). The summed E-state index contributed by atoms with van der Waals surface area (Å²) in [5, 5.41) is 5.68. The van der Waals surface area contributed by atoms with E-state index in [9.17, 15) is 4.79 Å². The molecule has 2 N–H and O–H groups in total. The Hall–Kier alpha value is -2.63. The van der Waals surface area contributed by atoms with Crippen molar-refractivity contribution in [2.45, 2.75) is 25.2 Å².